The molecular weight excluding hydrogens is 288 g/mol. The quantitative estimate of drug-likeness (QED) is 0.945. The van der Waals surface area contributed by atoms with Gasteiger partial charge in [-0.2, -0.15) is 0 Å². The van der Waals surface area contributed by atoms with E-state index in [4.69, 9.17) is 4.74 Å². The molecule has 1 amide bonds. The van der Waals surface area contributed by atoms with Crippen LogP contribution in [0.4, 0.5) is 11.4 Å². The van der Waals surface area contributed by atoms with E-state index in [1.165, 1.54) is 0 Å². The van der Waals surface area contributed by atoms with E-state index in [-0.39, 0.29) is 5.91 Å². The normalized spacial score (nSPS) is 14.6. The summed E-state index contributed by atoms with van der Waals surface area (Å²) in [5, 5.41) is 3.01. The highest BCUT2D eigenvalue weighted by Gasteiger charge is 2.13. The summed E-state index contributed by atoms with van der Waals surface area (Å²) < 4.78 is 5.39. The van der Waals surface area contributed by atoms with Gasteiger partial charge in [-0.1, -0.05) is 23.8 Å². The summed E-state index contributed by atoms with van der Waals surface area (Å²) in [7, 11) is 0. The van der Waals surface area contributed by atoms with Crippen LogP contribution in [0.5, 0.6) is 0 Å². The van der Waals surface area contributed by atoms with Crippen molar-refractivity contribution in [3.05, 3.63) is 59.2 Å². The van der Waals surface area contributed by atoms with Gasteiger partial charge in [0.25, 0.3) is 5.91 Å². The molecule has 0 aliphatic carbocycles. The Morgan fingerprint density at radius 2 is 1.87 bits per heavy atom. The van der Waals surface area contributed by atoms with Gasteiger partial charge in [0.05, 0.1) is 13.2 Å². The zero-order valence-corrected chi connectivity index (χ0v) is 13.6. The van der Waals surface area contributed by atoms with E-state index in [0.717, 1.165) is 54.4 Å². The second kappa shape index (κ2) is 6.84. The first kappa shape index (κ1) is 15.6. The first-order valence-electron chi connectivity index (χ1n) is 7.95. The summed E-state index contributed by atoms with van der Waals surface area (Å²) in [6, 6.07) is 13.9. The number of nitrogens with zero attached hydrogens (tertiary/aromatic N) is 1. The van der Waals surface area contributed by atoms with Gasteiger partial charge >= 0.3 is 0 Å². The summed E-state index contributed by atoms with van der Waals surface area (Å²) in [6.45, 7) is 7.22. The lowest BCUT2D eigenvalue weighted by Gasteiger charge is -2.29. The molecule has 0 atom stereocenters. The Morgan fingerprint density at radius 1 is 1.09 bits per heavy atom. The summed E-state index contributed by atoms with van der Waals surface area (Å²) in [5.41, 5.74) is 4.73. The van der Waals surface area contributed by atoms with E-state index >= 15 is 0 Å². The van der Waals surface area contributed by atoms with Crippen LogP contribution in [-0.4, -0.2) is 32.2 Å². The van der Waals surface area contributed by atoms with Crippen LogP contribution in [0, 0.1) is 13.8 Å². The SMILES string of the molecule is Cc1ccc(C)c(C(=O)Nc2cccc(N3CCOCC3)c2)c1. The zero-order valence-electron chi connectivity index (χ0n) is 13.6. The van der Waals surface area contributed by atoms with Gasteiger partial charge in [0.1, 0.15) is 0 Å². The standard InChI is InChI=1S/C19H22N2O2/c1-14-6-7-15(2)18(12-14)19(22)20-16-4-3-5-17(13-16)21-8-10-23-11-9-21/h3-7,12-13H,8-11H2,1-2H3,(H,20,22). The van der Waals surface area contributed by atoms with E-state index in [1.54, 1.807) is 0 Å². The molecule has 1 aliphatic heterocycles. The number of amides is 1. The van der Waals surface area contributed by atoms with Gasteiger partial charge in [0.15, 0.2) is 0 Å². The van der Waals surface area contributed by atoms with E-state index in [2.05, 4.69) is 16.3 Å². The third kappa shape index (κ3) is 3.71. The van der Waals surface area contributed by atoms with Crippen molar-refractivity contribution in [1.82, 2.24) is 0 Å². The Bertz CT molecular complexity index is 706. The molecule has 4 nitrogen and oxygen atoms in total. The van der Waals surface area contributed by atoms with Crippen molar-refractivity contribution in [2.24, 2.45) is 0 Å². The van der Waals surface area contributed by atoms with Crippen LogP contribution in [0.1, 0.15) is 21.5 Å². The van der Waals surface area contributed by atoms with E-state index < -0.39 is 0 Å². The molecule has 120 valence electrons. The zero-order chi connectivity index (χ0) is 16.2. The van der Waals surface area contributed by atoms with E-state index in [0.29, 0.717) is 0 Å². The van der Waals surface area contributed by atoms with Gasteiger partial charge in [-0.3, -0.25) is 4.79 Å². The largest absolute Gasteiger partial charge is 0.378 e. The highest BCUT2D eigenvalue weighted by atomic mass is 16.5. The molecule has 1 heterocycles. The van der Waals surface area contributed by atoms with Crippen molar-refractivity contribution in [2.75, 3.05) is 36.5 Å². The molecule has 1 saturated heterocycles. The van der Waals surface area contributed by atoms with Crippen LogP contribution in [0.15, 0.2) is 42.5 Å². The molecule has 0 bridgehead atoms. The van der Waals surface area contributed by atoms with Crippen molar-refractivity contribution in [2.45, 2.75) is 13.8 Å². The molecular formula is C19H22N2O2. The van der Waals surface area contributed by atoms with Gasteiger partial charge in [-0.25, -0.2) is 0 Å². The van der Waals surface area contributed by atoms with Gasteiger partial charge in [0, 0.05) is 30.0 Å². The summed E-state index contributed by atoms with van der Waals surface area (Å²) in [6.07, 6.45) is 0. The molecule has 1 N–H and O–H groups in total. The molecule has 0 unspecified atom stereocenters. The van der Waals surface area contributed by atoms with Crippen LogP contribution in [0.3, 0.4) is 0 Å². The fourth-order valence-electron chi connectivity index (χ4n) is 2.78. The molecule has 0 spiro atoms. The van der Waals surface area contributed by atoms with Crippen LogP contribution < -0.4 is 10.2 Å². The number of aryl methyl sites for hydroxylation is 2. The minimum absolute atomic E-state index is 0.0645. The minimum atomic E-state index is -0.0645. The number of carbonyl (C=O) groups is 1. The molecule has 2 aromatic carbocycles. The number of rotatable bonds is 3. The molecule has 1 fully saturated rings. The van der Waals surface area contributed by atoms with Crippen molar-refractivity contribution in [3.63, 3.8) is 0 Å². The maximum atomic E-state index is 12.5. The molecule has 0 saturated carbocycles. The predicted octanol–water partition coefficient (Wildman–Crippen LogP) is 3.39. The molecule has 23 heavy (non-hydrogen) atoms. The highest BCUT2D eigenvalue weighted by Crippen LogP contribution is 2.21. The predicted molar refractivity (Wildman–Crippen MR) is 93.3 cm³/mol. The molecule has 1 aliphatic rings. The number of benzene rings is 2. The fourth-order valence-corrected chi connectivity index (χ4v) is 2.78. The Balaban J connectivity index is 1.77. The van der Waals surface area contributed by atoms with Crippen molar-refractivity contribution >= 4 is 17.3 Å². The maximum absolute atomic E-state index is 12.5. The second-order valence-corrected chi connectivity index (χ2v) is 5.92. The fraction of sp³-hybridized carbons (Fsp3) is 0.316. The average Bonchev–Trinajstić information content (AvgIpc) is 2.58. The summed E-state index contributed by atoms with van der Waals surface area (Å²) in [5.74, 6) is -0.0645. The second-order valence-electron chi connectivity index (χ2n) is 5.92. The third-order valence-electron chi connectivity index (χ3n) is 4.12. The van der Waals surface area contributed by atoms with Gasteiger partial charge in [0.2, 0.25) is 0 Å². The molecule has 0 aromatic heterocycles. The molecule has 4 heteroatoms. The minimum Gasteiger partial charge on any atom is -0.378 e. The molecule has 0 radical (unpaired) electrons. The van der Waals surface area contributed by atoms with Gasteiger partial charge < -0.3 is 15.0 Å². The highest BCUT2D eigenvalue weighted by molar-refractivity contribution is 6.05. The topological polar surface area (TPSA) is 41.6 Å². The van der Waals surface area contributed by atoms with Gasteiger partial charge in [-0.15, -0.1) is 0 Å². The monoisotopic (exact) mass is 310 g/mol. The number of morpholine rings is 1. The number of nitrogens with one attached hydrogen (secondary N) is 1. The van der Waals surface area contributed by atoms with Crippen LogP contribution in [0.2, 0.25) is 0 Å². The van der Waals surface area contributed by atoms with E-state index in [1.807, 2.05) is 50.2 Å². The number of anilines is 2. The number of carbonyl (C=O) groups excluding carboxylic acids is 1. The Labute approximate surface area is 137 Å². The molecule has 2 aromatic rings. The summed E-state index contributed by atoms with van der Waals surface area (Å²) >= 11 is 0. The number of ether oxygens (including phenoxy) is 1. The number of hydrogen-bond donors (Lipinski definition) is 1. The average molecular weight is 310 g/mol. The van der Waals surface area contributed by atoms with Crippen LogP contribution in [0.25, 0.3) is 0 Å². The first-order valence-corrected chi connectivity index (χ1v) is 7.95. The maximum Gasteiger partial charge on any atom is 0.255 e. The van der Waals surface area contributed by atoms with Crippen LogP contribution >= 0.6 is 0 Å². The van der Waals surface area contributed by atoms with Crippen molar-refractivity contribution in [1.29, 1.82) is 0 Å². The molecule has 3 rings (SSSR count). The van der Waals surface area contributed by atoms with E-state index in [9.17, 15) is 4.79 Å². The van der Waals surface area contributed by atoms with Crippen molar-refractivity contribution in [3.8, 4) is 0 Å². The Kier molecular flexibility index (Phi) is 4.63. The lowest BCUT2D eigenvalue weighted by molar-refractivity contribution is 0.102. The Morgan fingerprint density at radius 3 is 2.65 bits per heavy atom. The van der Waals surface area contributed by atoms with Gasteiger partial charge in [-0.05, 0) is 43.7 Å². The summed E-state index contributed by atoms with van der Waals surface area (Å²) in [4.78, 5) is 14.8. The lowest BCUT2D eigenvalue weighted by atomic mass is 10.0. The van der Waals surface area contributed by atoms with Crippen LogP contribution in [-0.2, 0) is 4.74 Å². The third-order valence-corrected chi connectivity index (χ3v) is 4.12. The first-order chi connectivity index (χ1) is 11.1. The lowest BCUT2D eigenvalue weighted by Crippen LogP contribution is -2.36. The smallest absolute Gasteiger partial charge is 0.255 e. The Hall–Kier alpha value is -2.33. The van der Waals surface area contributed by atoms with Crippen molar-refractivity contribution < 1.29 is 9.53 Å². The number of hydrogen-bond acceptors (Lipinski definition) is 3.